The number of methoxy groups -OCH3 is 1. The molecular formula is C18H17N5O2. The lowest BCUT2D eigenvalue weighted by Crippen LogP contribution is -2.20. The summed E-state index contributed by atoms with van der Waals surface area (Å²) >= 11 is 0. The van der Waals surface area contributed by atoms with Gasteiger partial charge in [-0.3, -0.25) is 9.78 Å². The smallest absolute Gasteiger partial charge is 0.244 e. The Kier molecular flexibility index (Phi) is 5.16. The molecular weight excluding hydrogens is 318 g/mol. The van der Waals surface area contributed by atoms with Gasteiger partial charge in [-0.25, -0.2) is 4.68 Å². The second-order valence-corrected chi connectivity index (χ2v) is 5.19. The normalized spacial score (nSPS) is 10.8. The number of hydrogen-bond donors (Lipinski definition) is 1. The molecule has 2 heterocycles. The van der Waals surface area contributed by atoms with Crippen molar-refractivity contribution in [2.75, 3.05) is 7.11 Å². The molecule has 0 saturated heterocycles. The van der Waals surface area contributed by atoms with Crippen molar-refractivity contribution in [3.63, 3.8) is 0 Å². The first-order valence-electron chi connectivity index (χ1n) is 7.66. The number of hydrogen-bond acceptors (Lipinski definition) is 5. The SMILES string of the molecule is COc1cccc(-n2cc(CNC(=O)/C=C\c3cccnc3)nn2)c1. The lowest BCUT2D eigenvalue weighted by Gasteiger charge is -2.03. The molecule has 0 aliphatic rings. The first-order chi connectivity index (χ1) is 12.2. The van der Waals surface area contributed by atoms with Crippen LogP contribution in [0.1, 0.15) is 11.3 Å². The number of benzene rings is 1. The number of nitrogens with one attached hydrogen (secondary N) is 1. The standard InChI is InChI=1S/C18H17N5O2/c1-25-17-6-2-5-16(10-17)23-13-15(21-22-23)12-20-18(24)8-7-14-4-3-9-19-11-14/h2-11,13H,12H2,1H3,(H,20,24)/b8-7-. The molecule has 0 atom stereocenters. The van der Waals surface area contributed by atoms with E-state index in [1.165, 1.54) is 6.08 Å². The van der Waals surface area contributed by atoms with Crippen LogP contribution in [0.2, 0.25) is 0 Å². The third-order valence-electron chi connectivity index (χ3n) is 3.41. The molecule has 25 heavy (non-hydrogen) atoms. The summed E-state index contributed by atoms with van der Waals surface area (Å²) in [6.45, 7) is 0.292. The van der Waals surface area contributed by atoms with Crippen LogP contribution in [0, 0.1) is 0 Å². The zero-order valence-electron chi connectivity index (χ0n) is 13.7. The summed E-state index contributed by atoms with van der Waals surface area (Å²) in [5.41, 5.74) is 2.36. The summed E-state index contributed by atoms with van der Waals surface area (Å²) in [4.78, 5) is 15.8. The van der Waals surface area contributed by atoms with Crippen LogP contribution in [-0.2, 0) is 11.3 Å². The second kappa shape index (κ2) is 7.87. The van der Waals surface area contributed by atoms with Gasteiger partial charge in [0.2, 0.25) is 5.91 Å². The maximum absolute atomic E-state index is 11.9. The summed E-state index contributed by atoms with van der Waals surface area (Å²) in [6.07, 6.45) is 8.30. The van der Waals surface area contributed by atoms with Gasteiger partial charge in [0.25, 0.3) is 0 Å². The van der Waals surface area contributed by atoms with E-state index in [1.54, 1.807) is 36.5 Å². The molecule has 0 bridgehead atoms. The van der Waals surface area contributed by atoms with Gasteiger partial charge in [-0.1, -0.05) is 17.3 Å². The summed E-state index contributed by atoms with van der Waals surface area (Å²) in [6, 6.07) is 11.2. The highest BCUT2D eigenvalue weighted by Crippen LogP contribution is 2.15. The average molecular weight is 335 g/mol. The van der Waals surface area contributed by atoms with Crippen molar-refractivity contribution in [3.05, 3.63) is 72.3 Å². The molecule has 0 aliphatic heterocycles. The maximum atomic E-state index is 11.9. The molecule has 0 saturated carbocycles. The molecule has 7 nitrogen and oxygen atoms in total. The lowest BCUT2D eigenvalue weighted by atomic mass is 10.2. The number of carbonyl (C=O) groups excluding carboxylic acids is 1. The van der Waals surface area contributed by atoms with E-state index in [4.69, 9.17) is 4.74 Å². The lowest BCUT2D eigenvalue weighted by molar-refractivity contribution is -0.116. The highest BCUT2D eigenvalue weighted by atomic mass is 16.5. The zero-order chi connectivity index (χ0) is 17.5. The quantitative estimate of drug-likeness (QED) is 0.697. The minimum atomic E-state index is -0.209. The number of amides is 1. The molecule has 0 unspecified atom stereocenters. The first-order valence-corrected chi connectivity index (χ1v) is 7.66. The Morgan fingerprint density at radius 3 is 3.04 bits per heavy atom. The minimum Gasteiger partial charge on any atom is -0.497 e. The third-order valence-corrected chi connectivity index (χ3v) is 3.41. The van der Waals surface area contributed by atoms with Gasteiger partial charge in [0.15, 0.2) is 0 Å². The van der Waals surface area contributed by atoms with Crippen molar-refractivity contribution in [1.82, 2.24) is 25.3 Å². The Hall–Kier alpha value is -3.48. The Morgan fingerprint density at radius 1 is 1.32 bits per heavy atom. The fourth-order valence-corrected chi connectivity index (χ4v) is 2.14. The average Bonchev–Trinajstić information content (AvgIpc) is 3.15. The maximum Gasteiger partial charge on any atom is 0.244 e. The third kappa shape index (κ3) is 4.51. The Labute approximate surface area is 145 Å². The number of rotatable bonds is 6. The van der Waals surface area contributed by atoms with Gasteiger partial charge in [-0.15, -0.1) is 5.10 Å². The molecule has 3 rings (SSSR count). The van der Waals surface area contributed by atoms with E-state index in [9.17, 15) is 4.79 Å². The molecule has 1 aromatic carbocycles. The molecule has 0 fully saturated rings. The molecule has 0 aliphatic carbocycles. The van der Waals surface area contributed by atoms with Gasteiger partial charge in [0, 0.05) is 24.5 Å². The number of pyridine rings is 1. The van der Waals surface area contributed by atoms with Gasteiger partial charge in [0.1, 0.15) is 11.4 Å². The molecule has 7 heteroatoms. The molecule has 126 valence electrons. The van der Waals surface area contributed by atoms with Crippen LogP contribution >= 0.6 is 0 Å². The fourth-order valence-electron chi connectivity index (χ4n) is 2.14. The van der Waals surface area contributed by atoms with E-state index in [0.717, 1.165) is 17.0 Å². The van der Waals surface area contributed by atoms with Crippen LogP contribution in [0.25, 0.3) is 11.8 Å². The van der Waals surface area contributed by atoms with Crippen LogP contribution in [-0.4, -0.2) is 33.0 Å². The summed E-state index contributed by atoms with van der Waals surface area (Å²) in [5.74, 6) is 0.531. The van der Waals surface area contributed by atoms with E-state index in [-0.39, 0.29) is 5.91 Å². The van der Waals surface area contributed by atoms with E-state index in [1.807, 2.05) is 36.4 Å². The van der Waals surface area contributed by atoms with Crippen LogP contribution in [0.5, 0.6) is 5.75 Å². The van der Waals surface area contributed by atoms with Crippen molar-refractivity contribution in [1.29, 1.82) is 0 Å². The van der Waals surface area contributed by atoms with E-state index in [0.29, 0.717) is 12.2 Å². The zero-order valence-corrected chi connectivity index (χ0v) is 13.7. The summed E-state index contributed by atoms with van der Waals surface area (Å²) in [5, 5.41) is 10.9. The van der Waals surface area contributed by atoms with Crippen molar-refractivity contribution in [3.8, 4) is 11.4 Å². The van der Waals surface area contributed by atoms with Crippen molar-refractivity contribution < 1.29 is 9.53 Å². The monoisotopic (exact) mass is 335 g/mol. The fraction of sp³-hybridized carbons (Fsp3) is 0.111. The van der Waals surface area contributed by atoms with Gasteiger partial charge < -0.3 is 10.1 Å². The van der Waals surface area contributed by atoms with Gasteiger partial charge in [0.05, 0.1) is 25.5 Å². The Morgan fingerprint density at radius 2 is 2.24 bits per heavy atom. The minimum absolute atomic E-state index is 0.209. The Balaban J connectivity index is 1.58. The highest BCUT2D eigenvalue weighted by molar-refractivity contribution is 5.91. The predicted octanol–water partition coefficient (Wildman–Crippen LogP) is 2.00. The number of ether oxygens (including phenoxy) is 1. The molecule has 3 aromatic rings. The number of carbonyl (C=O) groups is 1. The first kappa shape index (κ1) is 16.4. The second-order valence-electron chi connectivity index (χ2n) is 5.19. The molecule has 1 amide bonds. The van der Waals surface area contributed by atoms with Gasteiger partial charge >= 0.3 is 0 Å². The number of aromatic nitrogens is 4. The summed E-state index contributed by atoms with van der Waals surface area (Å²) < 4.78 is 6.83. The van der Waals surface area contributed by atoms with Crippen LogP contribution in [0.3, 0.4) is 0 Å². The Bertz CT molecular complexity index is 874. The molecule has 0 spiro atoms. The van der Waals surface area contributed by atoms with Crippen molar-refractivity contribution in [2.24, 2.45) is 0 Å². The van der Waals surface area contributed by atoms with Crippen molar-refractivity contribution in [2.45, 2.75) is 6.54 Å². The molecule has 1 N–H and O–H groups in total. The molecule has 2 aromatic heterocycles. The van der Waals surface area contributed by atoms with Crippen molar-refractivity contribution >= 4 is 12.0 Å². The largest absolute Gasteiger partial charge is 0.497 e. The number of nitrogens with zero attached hydrogens (tertiary/aromatic N) is 4. The summed E-state index contributed by atoms with van der Waals surface area (Å²) in [7, 11) is 1.61. The highest BCUT2D eigenvalue weighted by Gasteiger charge is 2.05. The topological polar surface area (TPSA) is 81.9 Å². The van der Waals surface area contributed by atoms with Gasteiger partial charge in [-0.2, -0.15) is 0 Å². The predicted molar refractivity (Wildman–Crippen MR) is 93.0 cm³/mol. The molecule has 0 radical (unpaired) electrons. The van der Waals surface area contributed by atoms with Crippen LogP contribution in [0.15, 0.2) is 61.1 Å². The van der Waals surface area contributed by atoms with E-state index >= 15 is 0 Å². The van der Waals surface area contributed by atoms with Crippen LogP contribution in [0.4, 0.5) is 0 Å². The van der Waals surface area contributed by atoms with E-state index < -0.39 is 0 Å². The van der Waals surface area contributed by atoms with Crippen LogP contribution < -0.4 is 10.1 Å². The van der Waals surface area contributed by atoms with E-state index in [2.05, 4.69) is 20.6 Å². The van der Waals surface area contributed by atoms with Gasteiger partial charge in [-0.05, 0) is 29.8 Å².